The lowest BCUT2D eigenvalue weighted by atomic mass is 9.94. The highest BCUT2D eigenvalue weighted by molar-refractivity contribution is 5.75. The Labute approximate surface area is 231 Å². The Morgan fingerprint density at radius 2 is 1.62 bits per heavy atom. The number of carbonyl (C=O) groups excluding carboxylic acids is 1. The van der Waals surface area contributed by atoms with Crippen molar-refractivity contribution in [2.24, 2.45) is 0 Å². The van der Waals surface area contributed by atoms with E-state index in [1.54, 1.807) is 37.3 Å². The van der Waals surface area contributed by atoms with E-state index >= 15 is 0 Å². The molecule has 4 rings (SSSR count). The summed E-state index contributed by atoms with van der Waals surface area (Å²) in [4.78, 5) is 18.4. The van der Waals surface area contributed by atoms with Gasteiger partial charge in [0.2, 0.25) is 5.82 Å². The maximum atomic E-state index is 14.0. The van der Waals surface area contributed by atoms with Crippen LogP contribution in [0.5, 0.6) is 0 Å². The van der Waals surface area contributed by atoms with Gasteiger partial charge in [-0.1, -0.05) is 59.8 Å². The molecule has 0 N–H and O–H groups in total. The Bertz CT molecular complexity index is 1490. The van der Waals surface area contributed by atoms with Gasteiger partial charge in [0, 0.05) is 17.2 Å². The molecular weight excluding hydrogens is 519 g/mol. The van der Waals surface area contributed by atoms with Gasteiger partial charge in [0.1, 0.15) is 5.60 Å². The number of hydrogen-bond acceptors (Lipinski definition) is 6. The smallest absolute Gasteiger partial charge is 0.417 e. The molecule has 210 valence electrons. The molecule has 0 aliphatic carbocycles. The first kappa shape index (κ1) is 29.0. The van der Waals surface area contributed by atoms with Gasteiger partial charge < -0.3 is 9.26 Å². The Balaban J connectivity index is 1.54. The minimum atomic E-state index is -4.57. The third-order valence-corrected chi connectivity index (χ3v) is 6.54. The van der Waals surface area contributed by atoms with Crippen molar-refractivity contribution in [2.45, 2.75) is 52.4 Å². The van der Waals surface area contributed by atoms with Crippen LogP contribution in [0.2, 0.25) is 0 Å². The molecule has 0 radical (unpaired) electrons. The summed E-state index contributed by atoms with van der Waals surface area (Å²) in [6.45, 7) is 9.37. The second-order valence-electron chi connectivity index (χ2n) is 10.8. The number of nitrogens with zero attached hydrogens (tertiary/aromatic N) is 3. The van der Waals surface area contributed by atoms with Crippen molar-refractivity contribution in [1.82, 2.24) is 15.0 Å². The lowest BCUT2D eigenvalue weighted by Gasteiger charge is -2.26. The number of alkyl halides is 3. The quantitative estimate of drug-likeness (QED) is 0.219. The van der Waals surface area contributed by atoms with Crippen LogP contribution in [0.1, 0.15) is 50.4 Å². The molecule has 1 heterocycles. The van der Waals surface area contributed by atoms with Crippen LogP contribution in [-0.2, 0) is 15.7 Å². The molecule has 1 atom stereocenters. The van der Waals surface area contributed by atoms with Crippen molar-refractivity contribution in [2.75, 3.05) is 13.6 Å². The van der Waals surface area contributed by atoms with E-state index in [-0.39, 0.29) is 41.4 Å². The first-order valence-electron chi connectivity index (χ1n) is 12.9. The number of benzene rings is 3. The van der Waals surface area contributed by atoms with Crippen molar-refractivity contribution in [3.05, 3.63) is 83.4 Å². The average molecular weight is 552 g/mol. The number of aryl methyl sites for hydroxylation is 1. The molecule has 3 aromatic carbocycles. The van der Waals surface area contributed by atoms with Gasteiger partial charge in [-0.3, -0.25) is 9.69 Å². The molecule has 4 aromatic rings. The highest BCUT2D eigenvalue weighted by Crippen LogP contribution is 2.40. The first-order chi connectivity index (χ1) is 18.7. The molecule has 9 heteroatoms. The van der Waals surface area contributed by atoms with Gasteiger partial charge in [0.05, 0.1) is 12.1 Å². The van der Waals surface area contributed by atoms with Crippen LogP contribution < -0.4 is 0 Å². The van der Waals surface area contributed by atoms with Crippen LogP contribution in [0.4, 0.5) is 13.2 Å². The number of ether oxygens (including phenoxy) is 1. The van der Waals surface area contributed by atoms with Gasteiger partial charge >= 0.3 is 12.1 Å². The molecule has 0 saturated heterocycles. The zero-order valence-electron chi connectivity index (χ0n) is 23.3. The minimum absolute atomic E-state index is 0.00799. The van der Waals surface area contributed by atoms with Crippen molar-refractivity contribution < 1.29 is 27.2 Å². The standard InChI is InChI=1S/C31H32F3N3O3/c1-19-9-7-8-10-24(19)25-16-15-23(17-26(25)31(32,33)34)29-35-28(36-40-29)22-13-11-21(12-14-22)20(2)37(6)18-27(38)39-30(3,4)5/h7-17,20H,18H2,1-6H3/t20-/m0/s1. The van der Waals surface area contributed by atoms with E-state index in [9.17, 15) is 18.0 Å². The second kappa shape index (κ2) is 11.3. The van der Waals surface area contributed by atoms with Gasteiger partial charge in [0.25, 0.3) is 5.89 Å². The number of rotatable bonds is 7. The summed E-state index contributed by atoms with van der Waals surface area (Å²) >= 11 is 0. The van der Waals surface area contributed by atoms with Gasteiger partial charge in [-0.25, -0.2) is 0 Å². The summed E-state index contributed by atoms with van der Waals surface area (Å²) in [5, 5.41) is 3.99. The number of carbonyl (C=O) groups is 1. The highest BCUT2D eigenvalue weighted by Gasteiger charge is 2.35. The summed E-state index contributed by atoms with van der Waals surface area (Å²) in [6, 6.07) is 18.3. The second-order valence-corrected chi connectivity index (χ2v) is 10.8. The molecular formula is C31H32F3N3O3. The predicted octanol–water partition coefficient (Wildman–Crippen LogP) is 7.73. The Hall–Kier alpha value is -3.98. The lowest BCUT2D eigenvalue weighted by molar-refractivity contribution is -0.156. The molecule has 6 nitrogen and oxygen atoms in total. The van der Waals surface area contributed by atoms with E-state index < -0.39 is 17.3 Å². The van der Waals surface area contributed by atoms with Crippen LogP contribution >= 0.6 is 0 Å². The maximum Gasteiger partial charge on any atom is 0.417 e. The van der Waals surface area contributed by atoms with E-state index in [4.69, 9.17) is 9.26 Å². The van der Waals surface area contributed by atoms with E-state index in [1.807, 2.05) is 63.9 Å². The van der Waals surface area contributed by atoms with E-state index in [1.165, 1.54) is 6.07 Å². The molecule has 40 heavy (non-hydrogen) atoms. The SMILES string of the molecule is Cc1ccccc1-c1ccc(-c2nc(-c3ccc([C@H](C)N(C)CC(=O)OC(C)(C)C)cc3)no2)cc1C(F)(F)F. The van der Waals surface area contributed by atoms with Crippen LogP contribution in [0.15, 0.2) is 71.3 Å². The fraction of sp³-hybridized carbons (Fsp3) is 0.323. The van der Waals surface area contributed by atoms with Crippen molar-refractivity contribution >= 4 is 5.97 Å². The molecule has 0 unspecified atom stereocenters. The molecule has 0 aliphatic rings. The number of halogens is 3. The number of esters is 1. The lowest BCUT2D eigenvalue weighted by Crippen LogP contribution is -2.34. The van der Waals surface area contributed by atoms with Crippen LogP contribution in [0, 0.1) is 6.92 Å². The maximum absolute atomic E-state index is 14.0. The first-order valence-corrected chi connectivity index (χ1v) is 12.9. The van der Waals surface area contributed by atoms with Gasteiger partial charge in [-0.15, -0.1) is 0 Å². The third-order valence-electron chi connectivity index (χ3n) is 6.54. The Morgan fingerprint density at radius 3 is 2.25 bits per heavy atom. The van der Waals surface area contributed by atoms with Gasteiger partial charge in [-0.05, 0) is 76.1 Å². The normalized spacial score (nSPS) is 12.9. The summed E-state index contributed by atoms with van der Waals surface area (Å²) in [5.74, 6) is -0.0577. The minimum Gasteiger partial charge on any atom is -0.459 e. The number of aromatic nitrogens is 2. The zero-order chi connectivity index (χ0) is 29.2. The Morgan fingerprint density at radius 1 is 0.975 bits per heavy atom. The highest BCUT2D eigenvalue weighted by atomic mass is 19.4. The largest absolute Gasteiger partial charge is 0.459 e. The van der Waals surface area contributed by atoms with E-state index in [2.05, 4.69) is 10.1 Å². The van der Waals surface area contributed by atoms with Crippen LogP contribution in [0.25, 0.3) is 34.0 Å². The molecule has 0 aliphatic heterocycles. The fourth-order valence-electron chi connectivity index (χ4n) is 4.36. The Kier molecular flexibility index (Phi) is 8.16. The van der Waals surface area contributed by atoms with E-state index in [0.717, 1.165) is 17.2 Å². The monoisotopic (exact) mass is 551 g/mol. The zero-order valence-corrected chi connectivity index (χ0v) is 23.3. The van der Waals surface area contributed by atoms with Crippen molar-refractivity contribution in [3.8, 4) is 34.0 Å². The summed E-state index contributed by atoms with van der Waals surface area (Å²) in [6.07, 6.45) is -4.57. The average Bonchev–Trinajstić information content (AvgIpc) is 3.37. The summed E-state index contributed by atoms with van der Waals surface area (Å²) < 4.78 is 52.9. The molecule has 0 spiro atoms. The summed E-state index contributed by atoms with van der Waals surface area (Å²) in [5.41, 5.74) is 1.81. The molecule has 1 aromatic heterocycles. The van der Waals surface area contributed by atoms with Gasteiger partial charge in [0.15, 0.2) is 0 Å². The molecule has 0 fully saturated rings. The van der Waals surface area contributed by atoms with Crippen LogP contribution in [-0.4, -0.2) is 40.2 Å². The van der Waals surface area contributed by atoms with Crippen LogP contribution in [0.3, 0.4) is 0 Å². The summed E-state index contributed by atoms with van der Waals surface area (Å²) in [7, 11) is 1.84. The molecule has 0 saturated carbocycles. The molecule has 0 amide bonds. The third kappa shape index (κ3) is 6.77. The fourth-order valence-corrected chi connectivity index (χ4v) is 4.36. The van der Waals surface area contributed by atoms with E-state index in [0.29, 0.717) is 11.1 Å². The topological polar surface area (TPSA) is 68.5 Å². The van der Waals surface area contributed by atoms with Crippen molar-refractivity contribution in [1.29, 1.82) is 0 Å². The predicted molar refractivity (Wildman–Crippen MR) is 147 cm³/mol. The molecule has 0 bridgehead atoms. The van der Waals surface area contributed by atoms with Gasteiger partial charge in [-0.2, -0.15) is 18.2 Å². The van der Waals surface area contributed by atoms with Crippen molar-refractivity contribution in [3.63, 3.8) is 0 Å². The number of hydrogen-bond donors (Lipinski definition) is 0. The number of likely N-dealkylation sites (N-methyl/N-ethyl adjacent to an activating group) is 1.